The Morgan fingerprint density at radius 2 is 1.78 bits per heavy atom. The molecule has 0 saturated carbocycles. The first-order valence-corrected chi connectivity index (χ1v) is 8.11. The number of halogens is 2. The van der Waals surface area contributed by atoms with Gasteiger partial charge in [0.1, 0.15) is 0 Å². The third-order valence-corrected chi connectivity index (χ3v) is 4.51. The second-order valence-electron chi connectivity index (χ2n) is 5.27. The summed E-state index contributed by atoms with van der Waals surface area (Å²) in [6.07, 6.45) is 0.981. The minimum Gasteiger partial charge on any atom is -0.369 e. The molecule has 2 aromatic rings. The number of hydrogen-bond donors (Lipinski definition) is 2. The van der Waals surface area contributed by atoms with Crippen molar-refractivity contribution in [2.24, 2.45) is 15.8 Å². The van der Waals surface area contributed by atoms with Crippen molar-refractivity contribution < 1.29 is 0 Å². The van der Waals surface area contributed by atoms with Crippen LogP contribution in [0.3, 0.4) is 0 Å². The number of aliphatic imine (C=N–C) groups is 1. The number of rotatable bonds is 2. The van der Waals surface area contributed by atoms with Crippen LogP contribution in [0.25, 0.3) is 11.1 Å². The van der Waals surface area contributed by atoms with Crippen molar-refractivity contribution in [1.29, 1.82) is 0 Å². The third-order valence-electron chi connectivity index (χ3n) is 3.84. The zero-order valence-electron chi connectivity index (χ0n) is 12.9. The smallest absolute Gasteiger partial charge is 0.209 e. The Morgan fingerprint density at radius 1 is 1.13 bits per heavy atom. The van der Waals surface area contributed by atoms with E-state index in [9.17, 15) is 0 Å². The van der Waals surface area contributed by atoms with Crippen molar-refractivity contribution in [3.05, 3.63) is 56.7 Å². The van der Waals surface area contributed by atoms with Gasteiger partial charge in [0.05, 0.1) is 5.71 Å². The van der Waals surface area contributed by atoms with E-state index in [1.54, 1.807) is 7.05 Å². The Balaban J connectivity index is 0.00000192. The maximum Gasteiger partial charge on any atom is 0.209 e. The van der Waals surface area contributed by atoms with Crippen LogP contribution in [0, 0.1) is 3.57 Å². The van der Waals surface area contributed by atoms with Gasteiger partial charge in [-0.05, 0) is 82.0 Å². The van der Waals surface area contributed by atoms with Gasteiger partial charge < -0.3 is 5.73 Å². The van der Waals surface area contributed by atoms with Crippen molar-refractivity contribution in [2.75, 3.05) is 7.05 Å². The number of fused-ring (bicyclic) bond motifs is 3. The van der Waals surface area contributed by atoms with E-state index >= 15 is 0 Å². The molecule has 120 valence electrons. The van der Waals surface area contributed by atoms with Crippen LogP contribution >= 0.6 is 35.0 Å². The highest BCUT2D eigenvalue weighted by molar-refractivity contribution is 14.1. The first kappa shape index (κ1) is 17.7. The van der Waals surface area contributed by atoms with E-state index in [0.717, 1.165) is 17.7 Å². The van der Waals surface area contributed by atoms with Gasteiger partial charge >= 0.3 is 0 Å². The molecule has 0 unspecified atom stereocenters. The van der Waals surface area contributed by atoms with Crippen LogP contribution in [0.4, 0.5) is 0 Å². The minimum atomic E-state index is 0. The summed E-state index contributed by atoms with van der Waals surface area (Å²) in [6.45, 7) is 1.96. The number of nitrogens with two attached hydrogens (primary N) is 1. The molecular weight excluding hydrogens is 423 g/mol. The predicted molar refractivity (Wildman–Crippen MR) is 108 cm³/mol. The van der Waals surface area contributed by atoms with E-state index < -0.39 is 0 Å². The van der Waals surface area contributed by atoms with Crippen molar-refractivity contribution in [3.63, 3.8) is 0 Å². The molecule has 0 aromatic heterocycles. The lowest BCUT2D eigenvalue weighted by atomic mass is 10.0. The van der Waals surface area contributed by atoms with Gasteiger partial charge in [-0.1, -0.05) is 18.2 Å². The molecule has 0 fully saturated rings. The van der Waals surface area contributed by atoms with E-state index in [-0.39, 0.29) is 12.4 Å². The summed E-state index contributed by atoms with van der Waals surface area (Å²) >= 11 is 2.36. The van der Waals surface area contributed by atoms with Gasteiger partial charge in [-0.3, -0.25) is 4.99 Å². The van der Waals surface area contributed by atoms with Crippen molar-refractivity contribution in [2.45, 2.75) is 13.3 Å². The van der Waals surface area contributed by atoms with Crippen LogP contribution in [0.15, 0.2) is 46.5 Å². The van der Waals surface area contributed by atoms with E-state index in [0.29, 0.717) is 5.96 Å². The molecule has 0 aliphatic heterocycles. The fraction of sp³-hybridized carbons (Fsp3) is 0.176. The Labute approximate surface area is 155 Å². The topological polar surface area (TPSA) is 62.8 Å². The van der Waals surface area contributed by atoms with Gasteiger partial charge in [-0.25, -0.2) is 5.43 Å². The lowest BCUT2D eigenvalue weighted by Gasteiger charge is -2.06. The Kier molecular flexibility index (Phi) is 5.64. The van der Waals surface area contributed by atoms with Crippen LogP contribution in [-0.4, -0.2) is 18.7 Å². The Morgan fingerprint density at radius 3 is 2.48 bits per heavy atom. The first-order chi connectivity index (χ1) is 10.6. The number of hydrazone groups is 1. The Hall–Kier alpha value is -1.60. The van der Waals surface area contributed by atoms with Gasteiger partial charge in [0.2, 0.25) is 5.96 Å². The van der Waals surface area contributed by atoms with Crippen molar-refractivity contribution >= 4 is 46.7 Å². The molecule has 0 amide bonds. The summed E-state index contributed by atoms with van der Waals surface area (Å²) in [5.74, 6) is 0.308. The molecule has 23 heavy (non-hydrogen) atoms. The van der Waals surface area contributed by atoms with Gasteiger partial charge in [0.15, 0.2) is 0 Å². The lowest BCUT2D eigenvalue weighted by molar-refractivity contribution is 0.997. The van der Waals surface area contributed by atoms with Crippen molar-refractivity contribution in [3.8, 4) is 11.1 Å². The van der Waals surface area contributed by atoms with Crippen LogP contribution < -0.4 is 11.2 Å². The summed E-state index contributed by atoms with van der Waals surface area (Å²) in [5.41, 5.74) is 15.7. The predicted octanol–water partition coefficient (Wildman–Crippen LogP) is 3.54. The van der Waals surface area contributed by atoms with Gasteiger partial charge in [0.25, 0.3) is 0 Å². The highest BCUT2D eigenvalue weighted by Gasteiger charge is 2.19. The second-order valence-corrected chi connectivity index (χ2v) is 6.51. The standard InChI is InChI=1S/C17H17IN4.ClH/c1-10(21-22-17(19)20-2)11-3-5-15-12(7-11)8-13-9-14(18)4-6-16(13)15;/h3-7,9H,8H2,1-2H3,(H3,19,20,22);1H/b21-10-;. The third kappa shape index (κ3) is 3.67. The van der Waals surface area contributed by atoms with Crippen LogP contribution in [0.5, 0.6) is 0 Å². The van der Waals surface area contributed by atoms with E-state index in [2.05, 4.69) is 74.5 Å². The van der Waals surface area contributed by atoms with Crippen LogP contribution in [0.2, 0.25) is 0 Å². The molecule has 6 heteroatoms. The minimum absolute atomic E-state index is 0. The SMILES string of the molecule is CN=C(N)N/N=C(/C)c1ccc2c(c1)Cc1cc(I)ccc1-2.Cl. The molecule has 0 atom stereocenters. The fourth-order valence-corrected chi connectivity index (χ4v) is 3.22. The summed E-state index contributed by atoms with van der Waals surface area (Å²) in [4.78, 5) is 3.82. The molecule has 0 saturated heterocycles. The highest BCUT2D eigenvalue weighted by atomic mass is 127. The molecule has 3 N–H and O–H groups in total. The molecule has 0 heterocycles. The van der Waals surface area contributed by atoms with E-state index in [4.69, 9.17) is 5.73 Å². The molecule has 0 radical (unpaired) electrons. The van der Waals surface area contributed by atoms with Gasteiger partial charge in [-0.15, -0.1) is 12.4 Å². The molecule has 4 nitrogen and oxygen atoms in total. The molecule has 0 spiro atoms. The average Bonchev–Trinajstić information content (AvgIpc) is 2.88. The Bertz CT molecular complexity index is 799. The quantitative estimate of drug-likeness (QED) is 0.277. The zero-order chi connectivity index (χ0) is 15.7. The van der Waals surface area contributed by atoms with Gasteiger partial charge in [-0.2, -0.15) is 5.10 Å². The fourth-order valence-electron chi connectivity index (χ4n) is 2.66. The summed E-state index contributed by atoms with van der Waals surface area (Å²) in [6, 6.07) is 13.1. The number of nitrogens with one attached hydrogen (secondary N) is 1. The highest BCUT2D eigenvalue weighted by Crippen LogP contribution is 2.37. The van der Waals surface area contributed by atoms with E-state index in [1.807, 2.05) is 6.92 Å². The van der Waals surface area contributed by atoms with Crippen LogP contribution in [0.1, 0.15) is 23.6 Å². The molecule has 2 aromatic carbocycles. The molecule has 3 rings (SSSR count). The number of guanidine groups is 1. The zero-order valence-corrected chi connectivity index (χ0v) is 15.9. The number of benzene rings is 2. The molecule has 1 aliphatic rings. The van der Waals surface area contributed by atoms with E-state index in [1.165, 1.54) is 25.8 Å². The summed E-state index contributed by atoms with van der Waals surface area (Å²) in [5, 5.41) is 4.26. The molecule has 1 aliphatic carbocycles. The maximum atomic E-state index is 5.59. The first-order valence-electron chi connectivity index (χ1n) is 7.03. The normalized spacial score (nSPS) is 13.2. The molecular formula is C17H18ClIN4. The second kappa shape index (κ2) is 7.31. The van der Waals surface area contributed by atoms with Crippen LogP contribution in [-0.2, 0) is 6.42 Å². The number of nitrogens with zero attached hydrogens (tertiary/aromatic N) is 2. The largest absolute Gasteiger partial charge is 0.369 e. The van der Waals surface area contributed by atoms with Crippen molar-refractivity contribution in [1.82, 2.24) is 5.43 Å². The number of hydrogen-bond acceptors (Lipinski definition) is 2. The lowest BCUT2D eigenvalue weighted by Crippen LogP contribution is -2.27. The summed E-state index contributed by atoms with van der Waals surface area (Å²) in [7, 11) is 1.63. The monoisotopic (exact) mass is 440 g/mol. The summed E-state index contributed by atoms with van der Waals surface area (Å²) < 4.78 is 1.28. The molecule has 0 bridgehead atoms. The van der Waals surface area contributed by atoms with Gasteiger partial charge in [0, 0.05) is 10.6 Å². The maximum absolute atomic E-state index is 5.59. The average molecular weight is 441 g/mol.